The lowest BCUT2D eigenvalue weighted by atomic mass is 9.79. The summed E-state index contributed by atoms with van der Waals surface area (Å²) in [6, 6.07) is 0.872. The van der Waals surface area contributed by atoms with Crippen molar-refractivity contribution in [3.8, 4) is 0 Å². The summed E-state index contributed by atoms with van der Waals surface area (Å²) in [6.07, 6.45) is 10.3. The van der Waals surface area contributed by atoms with Crippen LogP contribution in [0.2, 0.25) is 0 Å². The second-order valence-electron chi connectivity index (χ2n) is 5.10. The van der Waals surface area contributed by atoms with E-state index in [-0.39, 0.29) is 0 Å². The zero-order chi connectivity index (χ0) is 9.10. The Bertz CT molecular complexity index is 141. The van der Waals surface area contributed by atoms with Crippen LogP contribution >= 0.6 is 0 Å². The largest absolute Gasteiger partial charge is 0.313 e. The zero-order valence-electron chi connectivity index (χ0n) is 8.89. The predicted molar refractivity (Wildman–Crippen MR) is 56.8 cm³/mol. The first-order valence-corrected chi connectivity index (χ1v) is 6.09. The van der Waals surface area contributed by atoms with E-state index in [4.69, 9.17) is 0 Å². The molecule has 1 aliphatic carbocycles. The fourth-order valence-corrected chi connectivity index (χ4v) is 2.96. The van der Waals surface area contributed by atoms with Crippen LogP contribution in [-0.4, -0.2) is 12.6 Å². The van der Waals surface area contributed by atoms with Gasteiger partial charge in [-0.15, -0.1) is 0 Å². The van der Waals surface area contributed by atoms with Crippen LogP contribution in [0.15, 0.2) is 0 Å². The van der Waals surface area contributed by atoms with Gasteiger partial charge in [-0.3, -0.25) is 0 Å². The first kappa shape index (κ1) is 9.51. The standard InChI is InChI=1S/C12H23N/c1-10-7-8-12(13-9-10)11-5-3-2-4-6-11/h10-13H,2-9H2,1H3. The van der Waals surface area contributed by atoms with Gasteiger partial charge in [-0.05, 0) is 44.1 Å². The minimum absolute atomic E-state index is 0.872. The van der Waals surface area contributed by atoms with Crippen LogP contribution < -0.4 is 5.32 Å². The van der Waals surface area contributed by atoms with E-state index in [0.29, 0.717) is 0 Å². The summed E-state index contributed by atoms with van der Waals surface area (Å²) in [5.41, 5.74) is 0. The van der Waals surface area contributed by atoms with Gasteiger partial charge in [0.2, 0.25) is 0 Å². The number of piperidine rings is 1. The molecule has 0 aromatic heterocycles. The van der Waals surface area contributed by atoms with Gasteiger partial charge in [0.15, 0.2) is 0 Å². The highest BCUT2D eigenvalue weighted by atomic mass is 14.9. The maximum absolute atomic E-state index is 3.74. The van der Waals surface area contributed by atoms with Crippen LogP contribution in [0.5, 0.6) is 0 Å². The third kappa shape index (κ3) is 2.46. The van der Waals surface area contributed by atoms with Crippen LogP contribution in [0.3, 0.4) is 0 Å². The summed E-state index contributed by atoms with van der Waals surface area (Å²) in [5.74, 6) is 1.93. The molecule has 1 saturated heterocycles. The van der Waals surface area contributed by atoms with Crippen molar-refractivity contribution < 1.29 is 0 Å². The van der Waals surface area contributed by atoms with Crippen molar-refractivity contribution in [3.63, 3.8) is 0 Å². The van der Waals surface area contributed by atoms with Gasteiger partial charge in [0.25, 0.3) is 0 Å². The van der Waals surface area contributed by atoms with Gasteiger partial charge in [-0.2, -0.15) is 0 Å². The predicted octanol–water partition coefficient (Wildman–Crippen LogP) is 2.95. The van der Waals surface area contributed by atoms with E-state index >= 15 is 0 Å². The molecule has 1 heterocycles. The average molecular weight is 181 g/mol. The third-order valence-electron chi connectivity index (χ3n) is 3.92. The molecule has 0 bridgehead atoms. The molecule has 2 fully saturated rings. The normalized spacial score (nSPS) is 37.6. The third-order valence-corrected chi connectivity index (χ3v) is 3.92. The molecule has 0 radical (unpaired) electrons. The van der Waals surface area contributed by atoms with E-state index in [2.05, 4.69) is 12.2 Å². The molecule has 2 rings (SSSR count). The molecule has 2 aliphatic rings. The molecule has 0 aromatic rings. The van der Waals surface area contributed by atoms with E-state index < -0.39 is 0 Å². The molecule has 0 amide bonds. The lowest BCUT2D eigenvalue weighted by Gasteiger charge is -2.35. The zero-order valence-corrected chi connectivity index (χ0v) is 8.89. The molecule has 13 heavy (non-hydrogen) atoms. The van der Waals surface area contributed by atoms with E-state index in [0.717, 1.165) is 17.9 Å². The second kappa shape index (κ2) is 4.45. The molecule has 1 saturated carbocycles. The van der Waals surface area contributed by atoms with Gasteiger partial charge < -0.3 is 5.32 Å². The Kier molecular flexibility index (Phi) is 3.26. The van der Waals surface area contributed by atoms with Crippen molar-refractivity contribution in [3.05, 3.63) is 0 Å². The summed E-state index contributed by atoms with van der Waals surface area (Å²) in [4.78, 5) is 0. The molecule has 1 heteroatoms. The van der Waals surface area contributed by atoms with E-state index in [1.165, 1.54) is 51.5 Å². The van der Waals surface area contributed by atoms with Crippen LogP contribution in [0, 0.1) is 11.8 Å². The summed E-state index contributed by atoms with van der Waals surface area (Å²) in [7, 11) is 0. The summed E-state index contributed by atoms with van der Waals surface area (Å²) in [5, 5.41) is 3.74. The fraction of sp³-hybridized carbons (Fsp3) is 1.00. The minimum atomic E-state index is 0.872. The quantitative estimate of drug-likeness (QED) is 0.656. The van der Waals surface area contributed by atoms with Crippen LogP contribution in [0.4, 0.5) is 0 Å². The second-order valence-corrected chi connectivity index (χ2v) is 5.10. The Morgan fingerprint density at radius 1 is 0.923 bits per heavy atom. The van der Waals surface area contributed by atoms with Crippen molar-refractivity contribution in [2.24, 2.45) is 11.8 Å². The Hall–Kier alpha value is -0.0400. The highest BCUT2D eigenvalue weighted by Gasteiger charge is 2.26. The monoisotopic (exact) mass is 181 g/mol. The lowest BCUT2D eigenvalue weighted by Crippen LogP contribution is -2.43. The van der Waals surface area contributed by atoms with E-state index in [1.807, 2.05) is 0 Å². The smallest absolute Gasteiger partial charge is 0.00955 e. The molecule has 2 atom stereocenters. The highest BCUT2D eigenvalue weighted by Crippen LogP contribution is 2.30. The molecule has 0 aromatic carbocycles. The Labute approximate surface area is 82.3 Å². The summed E-state index contributed by atoms with van der Waals surface area (Å²) >= 11 is 0. The van der Waals surface area contributed by atoms with Crippen LogP contribution in [0.1, 0.15) is 51.9 Å². The SMILES string of the molecule is CC1CCC(C2CCCCC2)NC1. The topological polar surface area (TPSA) is 12.0 Å². The average Bonchev–Trinajstić information content (AvgIpc) is 2.20. The molecule has 1 nitrogen and oxygen atoms in total. The Morgan fingerprint density at radius 3 is 2.31 bits per heavy atom. The van der Waals surface area contributed by atoms with Crippen molar-refractivity contribution in [2.45, 2.75) is 57.9 Å². The molecule has 76 valence electrons. The van der Waals surface area contributed by atoms with Gasteiger partial charge in [-0.1, -0.05) is 26.2 Å². The number of hydrogen-bond donors (Lipinski definition) is 1. The van der Waals surface area contributed by atoms with Gasteiger partial charge in [0, 0.05) is 6.04 Å². The van der Waals surface area contributed by atoms with Crippen molar-refractivity contribution in [1.82, 2.24) is 5.32 Å². The van der Waals surface area contributed by atoms with Crippen LogP contribution in [0.25, 0.3) is 0 Å². The molecular formula is C12H23N. The molecule has 0 spiro atoms. The first-order valence-electron chi connectivity index (χ1n) is 6.09. The Morgan fingerprint density at radius 2 is 1.69 bits per heavy atom. The maximum Gasteiger partial charge on any atom is 0.00955 e. The van der Waals surface area contributed by atoms with Gasteiger partial charge in [0.1, 0.15) is 0 Å². The first-order chi connectivity index (χ1) is 6.36. The van der Waals surface area contributed by atoms with E-state index in [9.17, 15) is 0 Å². The van der Waals surface area contributed by atoms with Gasteiger partial charge in [-0.25, -0.2) is 0 Å². The minimum Gasteiger partial charge on any atom is -0.313 e. The van der Waals surface area contributed by atoms with E-state index in [1.54, 1.807) is 0 Å². The maximum atomic E-state index is 3.74. The Balaban J connectivity index is 1.79. The van der Waals surface area contributed by atoms with Crippen LogP contribution in [-0.2, 0) is 0 Å². The van der Waals surface area contributed by atoms with Crippen molar-refractivity contribution in [1.29, 1.82) is 0 Å². The molecule has 1 N–H and O–H groups in total. The number of nitrogens with one attached hydrogen (secondary N) is 1. The molecule has 1 aliphatic heterocycles. The van der Waals surface area contributed by atoms with Gasteiger partial charge in [0.05, 0.1) is 0 Å². The summed E-state index contributed by atoms with van der Waals surface area (Å²) < 4.78 is 0. The van der Waals surface area contributed by atoms with Crippen molar-refractivity contribution >= 4 is 0 Å². The number of rotatable bonds is 1. The summed E-state index contributed by atoms with van der Waals surface area (Å²) in [6.45, 7) is 3.63. The highest BCUT2D eigenvalue weighted by molar-refractivity contribution is 4.83. The van der Waals surface area contributed by atoms with Gasteiger partial charge >= 0.3 is 0 Å². The number of hydrogen-bond acceptors (Lipinski definition) is 1. The molecular weight excluding hydrogens is 158 g/mol. The molecule has 2 unspecified atom stereocenters. The fourth-order valence-electron chi connectivity index (χ4n) is 2.96. The van der Waals surface area contributed by atoms with Crippen molar-refractivity contribution in [2.75, 3.05) is 6.54 Å². The lowest BCUT2D eigenvalue weighted by molar-refractivity contribution is 0.211.